The molecule has 2 N–H and O–H groups in total. The van der Waals surface area contributed by atoms with E-state index in [4.69, 9.17) is 16.3 Å². The highest BCUT2D eigenvalue weighted by molar-refractivity contribution is 6.30. The minimum atomic E-state index is -0.536. The molecule has 7 nitrogen and oxygen atoms in total. The van der Waals surface area contributed by atoms with Crippen LogP contribution in [0.1, 0.15) is 44.6 Å². The molecular weight excluding hydrogens is 402 g/mol. The van der Waals surface area contributed by atoms with Crippen LogP contribution in [0.25, 0.3) is 0 Å². The van der Waals surface area contributed by atoms with Crippen molar-refractivity contribution >= 4 is 29.3 Å². The number of anilines is 2. The standard InChI is InChI=1S/C22H28ClN5O2/c1-14(2)20(29)27-19-17(15(3)26-21(28-19)24-11-12-30-6)9-10-22(4,5)18-8-7-16(23)13-25-18/h7-8,13-14H,11-12H2,1-6H3,(H2,24,26,27,28,29). The summed E-state index contributed by atoms with van der Waals surface area (Å²) in [4.78, 5) is 25.6. The Bertz CT molecular complexity index is 946. The zero-order valence-corrected chi connectivity index (χ0v) is 19.0. The Balaban J connectivity index is 2.43. The Hall–Kier alpha value is -2.69. The molecule has 0 saturated carbocycles. The van der Waals surface area contributed by atoms with Gasteiger partial charge in [-0.3, -0.25) is 9.78 Å². The number of aromatic nitrogens is 3. The molecule has 0 unspecified atom stereocenters. The molecule has 0 saturated heterocycles. The Labute approximate surface area is 183 Å². The monoisotopic (exact) mass is 429 g/mol. The van der Waals surface area contributed by atoms with E-state index < -0.39 is 5.41 Å². The van der Waals surface area contributed by atoms with Gasteiger partial charge >= 0.3 is 0 Å². The van der Waals surface area contributed by atoms with Crippen molar-refractivity contribution in [3.05, 3.63) is 40.3 Å². The normalized spacial score (nSPS) is 11.1. The molecule has 0 atom stereocenters. The fourth-order valence-electron chi connectivity index (χ4n) is 2.45. The molecule has 0 fully saturated rings. The minimum Gasteiger partial charge on any atom is -0.383 e. The number of rotatable bonds is 7. The number of nitrogens with zero attached hydrogens (tertiary/aromatic N) is 3. The maximum absolute atomic E-state index is 12.3. The van der Waals surface area contributed by atoms with Crippen LogP contribution in [0.5, 0.6) is 0 Å². The summed E-state index contributed by atoms with van der Waals surface area (Å²) in [6, 6.07) is 3.64. The van der Waals surface area contributed by atoms with Crippen molar-refractivity contribution < 1.29 is 9.53 Å². The zero-order valence-electron chi connectivity index (χ0n) is 18.3. The Kier molecular flexibility index (Phi) is 8.16. The highest BCUT2D eigenvalue weighted by Gasteiger charge is 2.20. The van der Waals surface area contributed by atoms with E-state index in [1.165, 1.54) is 0 Å². The average molecular weight is 430 g/mol. The molecule has 0 aliphatic rings. The molecule has 2 heterocycles. The van der Waals surface area contributed by atoms with E-state index in [1.54, 1.807) is 19.4 Å². The van der Waals surface area contributed by atoms with Crippen molar-refractivity contribution in [1.82, 2.24) is 15.0 Å². The van der Waals surface area contributed by atoms with Crippen molar-refractivity contribution in [2.24, 2.45) is 5.92 Å². The number of pyridine rings is 1. The summed E-state index contributed by atoms with van der Waals surface area (Å²) >= 11 is 5.94. The molecule has 1 amide bonds. The lowest BCUT2D eigenvalue weighted by atomic mass is 9.89. The first-order valence-electron chi connectivity index (χ1n) is 9.71. The van der Waals surface area contributed by atoms with Gasteiger partial charge in [0.15, 0.2) is 5.82 Å². The summed E-state index contributed by atoms with van der Waals surface area (Å²) in [6.07, 6.45) is 1.60. The van der Waals surface area contributed by atoms with Gasteiger partial charge in [-0.2, -0.15) is 4.98 Å². The summed E-state index contributed by atoms with van der Waals surface area (Å²) in [7, 11) is 1.62. The first-order chi connectivity index (χ1) is 14.1. The number of halogens is 1. The molecule has 2 aromatic heterocycles. The van der Waals surface area contributed by atoms with Gasteiger partial charge in [-0.25, -0.2) is 4.98 Å². The molecule has 0 aliphatic carbocycles. The van der Waals surface area contributed by atoms with Crippen LogP contribution in [0, 0.1) is 24.7 Å². The highest BCUT2D eigenvalue weighted by Crippen LogP contribution is 2.23. The van der Waals surface area contributed by atoms with Gasteiger partial charge in [0.25, 0.3) is 0 Å². The first kappa shape index (κ1) is 23.6. The van der Waals surface area contributed by atoms with Gasteiger partial charge in [0.05, 0.1) is 34.0 Å². The van der Waals surface area contributed by atoms with Crippen LogP contribution in [0.2, 0.25) is 5.02 Å². The Morgan fingerprint density at radius 3 is 2.63 bits per heavy atom. The van der Waals surface area contributed by atoms with Crippen molar-refractivity contribution in [2.75, 3.05) is 30.9 Å². The number of nitrogens with one attached hydrogen (secondary N) is 2. The molecule has 0 radical (unpaired) electrons. The third-order valence-corrected chi connectivity index (χ3v) is 4.54. The lowest BCUT2D eigenvalue weighted by Gasteiger charge is -2.17. The number of methoxy groups -OCH3 is 1. The Morgan fingerprint density at radius 1 is 1.30 bits per heavy atom. The first-order valence-corrected chi connectivity index (χ1v) is 10.1. The van der Waals surface area contributed by atoms with Gasteiger partial charge in [0, 0.05) is 25.8 Å². The van der Waals surface area contributed by atoms with Gasteiger partial charge in [0.2, 0.25) is 11.9 Å². The molecule has 0 aromatic carbocycles. The van der Waals surface area contributed by atoms with Crippen molar-refractivity contribution in [2.45, 2.75) is 40.0 Å². The molecule has 2 rings (SSSR count). The van der Waals surface area contributed by atoms with E-state index >= 15 is 0 Å². The highest BCUT2D eigenvalue weighted by atomic mass is 35.5. The SMILES string of the molecule is COCCNc1nc(C)c(C#CC(C)(C)c2ccc(Cl)cn2)c(NC(=O)C(C)C)n1. The molecule has 0 bridgehead atoms. The number of carbonyl (C=O) groups excluding carboxylic acids is 1. The molecule has 0 aliphatic heterocycles. The fraction of sp³-hybridized carbons (Fsp3) is 0.455. The maximum atomic E-state index is 12.3. The third kappa shape index (κ3) is 6.41. The van der Waals surface area contributed by atoms with Crippen LogP contribution in [-0.4, -0.2) is 41.1 Å². The van der Waals surface area contributed by atoms with E-state index in [1.807, 2.05) is 40.7 Å². The van der Waals surface area contributed by atoms with Crippen LogP contribution < -0.4 is 10.6 Å². The van der Waals surface area contributed by atoms with E-state index in [0.717, 1.165) is 5.69 Å². The van der Waals surface area contributed by atoms with Crippen molar-refractivity contribution in [1.29, 1.82) is 0 Å². The predicted octanol–water partition coefficient (Wildman–Crippen LogP) is 3.82. The van der Waals surface area contributed by atoms with Gasteiger partial charge in [-0.15, -0.1) is 0 Å². The van der Waals surface area contributed by atoms with Gasteiger partial charge in [-0.1, -0.05) is 37.3 Å². The summed E-state index contributed by atoms with van der Waals surface area (Å²) < 4.78 is 5.04. The summed E-state index contributed by atoms with van der Waals surface area (Å²) in [5.74, 6) is 6.86. The topological polar surface area (TPSA) is 89.0 Å². The zero-order chi connectivity index (χ0) is 22.3. The summed E-state index contributed by atoms with van der Waals surface area (Å²) in [5.41, 5.74) is 1.49. The van der Waals surface area contributed by atoms with E-state index in [0.29, 0.717) is 41.2 Å². The molecule has 8 heteroatoms. The van der Waals surface area contributed by atoms with Crippen LogP contribution in [0.4, 0.5) is 11.8 Å². The number of carbonyl (C=O) groups is 1. The minimum absolute atomic E-state index is 0.141. The second-order valence-corrected chi connectivity index (χ2v) is 8.09. The van der Waals surface area contributed by atoms with Gasteiger partial charge in [-0.05, 0) is 32.9 Å². The summed E-state index contributed by atoms with van der Waals surface area (Å²) in [5, 5.41) is 6.53. The molecule has 160 valence electrons. The lowest BCUT2D eigenvalue weighted by molar-refractivity contribution is -0.118. The lowest BCUT2D eigenvalue weighted by Crippen LogP contribution is -2.21. The van der Waals surface area contributed by atoms with Crippen LogP contribution >= 0.6 is 11.6 Å². The molecule has 2 aromatic rings. The van der Waals surface area contributed by atoms with Crippen LogP contribution in [0.15, 0.2) is 18.3 Å². The predicted molar refractivity (Wildman–Crippen MR) is 120 cm³/mol. The van der Waals surface area contributed by atoms with Crippen molar-refractivity contribution in [3.8, 4) is 11.8 Å². The third-order valence-electron chi connectivity index (χ3n) is 4.31. The number of amides is 1. The quantitative estimate of drug-likeness (QED) is 0.513. The molecular formula is C22H28ClN5O2. The number of ether oxygens (including phenoxy) is 1. The average Bonchev–Trinajstić information content (AvgIpc) is 2.67. The second-order valence-electron chi connectivity index (χ2n) is 7.66. The van der Waals surface area contributed by atoms with Gasteiger partial charge in [0.1, 0.15) is 0 Å². The maximum Gasteiger partial charge on any atom is 0.228 e. The smallest absolute Gasteiger partial charge is 0.228 e. The van der Waals surface area contributed by atoms with Crippen molar-refractivity contribution in [3.63, 3.8) is 0 Å². The van der Waals surface area contributed by atoms with Crippen LogP contribution in [0.3, 0.4) is 0 Å². The second kappa shape index (κ2) is 10.4. The number of aryl methyl sites for hydroxylation is 1. The number of hydrogen-bond donors (Lipinski definition) is 2. The fourth-order valence-corrected chi connectivity index (χ4v) is 2.56. The van der Waals surface area contributed by atoms with Gasteiger partial charge < -0.3 is 15.4 Å². The molecule has 0 spiro atoms. The van der Waals surface area contributed by atoms with E-state index in [2.05, 4.69) is 37.4 Å². The van der Waals surface area contributed by atoms with Crippen LogP contribution in [-0.2, 0) is 14.9 Å². The van der Waals surface area contributed by atoms with E-state index in [-0.39, 0.29) is 11.8 Å². The van der Waals surface area contributed by atoms with E-state index in [9.17, 15) is 4.79 Å². The molecule has 30 heavy (non-hydrogen) atoms. The summed E-state index contributed by atoms with van der Waals surface area (Å²) in [6.45, 7) is 10.5. The number of hydrogen-bond acceptors (Lipinski definition) is 6. The Morgan fingerprint density at radius 2 is 2.03 bits per heavy atom. The largest absolute Gasteiger partial charge is 0.383 e.